The van der Waals surface area contributed by atoms with Gasteiger partial charge in [-0.3, -0.25) is 0 Å². The van der Waals surface area contributed by atoms with E-state index in [9.17, 15) is 13.5 Å². The molecule has 0 aliphatic carbocycles. The van der Waals surface area contributed by atoms with Gasteiger partial charge in [-0.1, -0.05) is 23.2 Å². The summed E-state index contributed by atoms with van der Waals surface area (Å²) in [5.74, 6) is 0. The Kier molecular flexibility index (Phi) is 4.87. The van der Waals surface area contributed by atoms with Gasteiger partial charge in [0.15, 0.2) is 0 Å². The van der Waals surface area contributed by atoms with E-state index in [1.807, 2.05) is 13.8 Å². The van der Waals surface area contributed by atoms with Crippen molar-refractivity contribution < 1.29 is 18.3 Å². The average molecular weight is 354 g/mol. The summed E-state index contributed by atoms with van der Waals surface area (Å²) in [6, 6.07) is 2.76. The lowest BCUT2D eigenvalue weighted by Gasteiger charge is -2.37. The van der Waals surface area contributed by atoms with Gasteiger partial charge in [0.1, 0.15) is 4.90 Å². The van der Waals surface area contributed by atoms with E-state index in [1.54, 1.807) is 0 Å². The third-order valence-electron chi connectivity index (χ3n) is 3.26. The first-order valence-corrected chi connectivity index (χ1v) is 8.60. The molecule has 0 bridgehead atoms. The molecule has 5 nitrogen and oxygen atoms in total. The van der Waals surface area contributed by atoms with Gasteiger partial charge < -0.3 is 9.84 Å². The second kappa shape index (κ2) is 6.02. The molecule has 0 radical (unpaired) electrons. The topological polar surface area (TPSA) is 66.8 Å². The highest BCUT2D eigenvalue weighted by Gasteiger charge is 2.36. The Morgan fingerprint density at radius 1 is 1.38 bits per heavy atom. The molecular weight excluding hydrogens is 337 g/mol. The smallest absolute Gasteiger partial charge is 0.244 e. The van der Waals surface area contributed by atoms with E-state index in [0.717, 1.165) is 0 Å². The Morgan fingerprint density at radius 3 is 2.62 bits per heavy atom. The van der Waals surface area contributed by atoms with Crippen molar-refractivity contribution in [2.75, 3.05) is 19.7 Å². The van der Waals surface area contributed by atoms with E-state index >= 15 is 0 Å². The van der Waals surface area contributed by atoms with Crippen LogP contribution in [0.3, 0.4) is 0 Å². The Labute approximate surface area is 134 Å². The lowest BCUT2D eigenvalue weighted by molar-refractivity contribution is -0.0640. The molecule has 1 aromatic carbocycles. The lowest BCUT2D eigenvalue weighted by Crippen LogP contribution is -2.50. The second-order valence-electron chi connectivity index (χ2n) is 5.48. The monoisotopic (exact) mass is 353 g/mol. The van der Waals surface area contributed by atoms with Crippen molar-refractivity contribution in [1.29, 1.82) is 0 Å². The standard InChI is InChI=1S/C13H17Cl2NO4S/c1-13(2)8-16(3-4-20-13)21(18,19)11-6-10(14)5-9(7-17)12(11)15/h5-6,17H,3-4,7-8H2,1-2H3. The van der Waals surface area contributed by atoms with Crippen molar-refractivity contribution in [3.05, 3.63) is 27.7 Å². The van der Waals surface area contributed by atoms with Crippen molar-refractivity contribution in [3.8, 4) is 0 Å². The number of nitrogens with zero attached hydrogens (tertiary/aromatic N) is 1. The number of halogens is 2. The molecule has 118 valence electrons. The van der Waals surface area contributed by atoms with Crippen LogP contribution in [0.2, 0.25) is 10.0 Å². The first kappa shape index (κ1) is 17.0. The van der Waals surface area contributed by atoms with Crippen molar-refractivity contribution in [2.45, 2.75) is 31.0 Å². The van der Waals surface area contributed by atoms with Gasteiger partial charge >= 0.3 is 0 Å². The fraction of sp³-hybridized carbons (Fsp3) is 0.538. The predicted octanol–water partition coefficient (Wildman–Crippen LogP) is 2.29. The largest absolute Gasteiger partial charge is 0.392 e. The maximum atomic E-state index is 12.8. The maximum absolute atomic E-state index is 12.8. The van der Waals surface area contributed by atoms with Crippen LogP contribution >= 0.6 is 23.2 Å². The zero-order valence-corrected chi connectivity index (χ0v) is 14.1. The molecule has 0 aromatic heterocycles. The summed E-state index contributed by atoms with van der Waals surface area (Å²) in [7, 11) is -3.79. The van der Waals surface area contributed by atoms with Gasteiger partial charge in [0, 0.05) is 18.1 Å². The zero-order chi connectivity index (χ0) is 15.8. The van der Waals surface area contributed by atoms with Crippen molar-refractivity contribution >= 4 is 33.2 Å². The van der Waals surface area contributed by atoms with Gasteiger partial charge in [-0.2, -0.15) is 4.31 Å². The van der Waals surface area contributed by atoms with Crippen LogP contribution in [0, 0.1) is 0 Å². The SMILES string of the molecule is CC1(C)CN(S(=O)(=O)c2cc(Cl)cc(CO)c2Cl)CCO1. The van der Waals surface area contributed by atoms with Crippen LogP contribution in [0.25, 0.3) is 0 Å². The molecule has 0 amide bonds. The second-order valence-corrected chi connectivity index (χ2v) is 8.20. The van der Waals surface area contributed by atoms with E-state index in [-0.39, 0.29) is 40.2 Å². The van der Waals surface area contributed by atoms with Gasteiger partial charge in [0.25, 0.3) is 0 Å². The fourth-order valence-electron chi connectivity index (χ4n) is 2.24. The van der Waals surface area contributed by atoms with Crippen LogP contribution in [0.4, 0.5) is 0 Å². The highest BCUT2D eigenvalue weighted by Crippen LogP contribution is 2.33. The van der Waals surface area contributed by atoms with E-state index in [2.05, 4.69) is 0 Å². The molecule has 1 fully saturated rings. The molecule has 0 unspecified atom stereocenters. The molecule has 1 heterocycles. The Bertz CT molecular complexity index is 646. The lowest BCUT2D eigenvalue weighted by atomic mass is 10.1. The normalized spacial score (nSPS) is 19.7. The molecular formula is C13H17Cl2NO4S. The molecule has 0 spiro atoms. The molecule has 8 heteroatoms. The highest BCUT2D eigenvalue weighted by molar-refractivity contribution is 7.89. The molecule has 21 heavy (non-hydrogen) atoms. The summed E-state index contributed by atoms with van der Waals surface area (Å²) in [5, 5.41) is 9.48. The van der Waals surface area contributed by atoms with Crippen LogP contribution in [-0.4, -0.2) is 43.1 Å². The van der Waals surface area contributed by atoms with Gasteiger partial charge in [0.05, 0.1) is 23.8 Å². The summed E-state index contributed by atoms with van der Waals surface area (Å²) >= 11 is 12.0. The Morgan fingerprint density at radius 2 is 2.05 bits per heavy atom. The zero-order valence-electron chi connectivity index (χ0n) is 11.8. The summed E-state index contributed by atoms with van der Waals surface area (Å²) in [6.07, 6.45) is 0. The number of aliphatic hydroxyl groups is 1. The Hall–Kier alpha value is -0.370. The quantitative estimate of drug-likeness (QED) is 0.905. The summed E-state index contributed by atoms with van der Waals surface area (Å²) in [6.45, 7) is 4.07. The number of morpholine rings is 1. The van der Waals surface area contributed by atoms with Crippen molar-refractivity contribution in [3.63, 3.8) is 0 Å². The first-order valence-electron chi connectivity index (χ1n) is 6.40. The van der Waals surface area contributed by atoms with Crippen LogP contribution in [0.15, 0.2) is 17.0 Å². The molecule has 0 atom stereocenters. The van der Waals surface area contributed by atoms with Crippen LogP contribution in [0.1, 0.15) is 19.4 Å². The van der Waals surface area contributed by atoms with Crippen LogP contribution in [0.5, 0.6) is 0 Å². The number of ether oxygens (including phenoxy) is 1. The number of rotatable bonds is 3. The summed E-state index contributed by atoms with van der Waals surface area (Å²) in [5.41, 5.74) is -0.272. The minimum atomic E-state index is -3.79. The predicted molar refractivity (Wildman–Crippen MR) is 81.2 cm³/mol. The molecule has 1 N–H and O–H groups in total. The Balaban J connectivity index is 2.47. The van der Waals surface area contributed by atoms with E-state index in [1.165, 1.54) is 16.4 Å². The van der Waals surface area contributed by atoms with E-state index < -0.39 is 15.6 Å². The van der Waals surface area contributed by atoms with E-state index in [4.69, 9.17) is 27.9 Å². The highest BCUT2D eigenvalue weighted by atomic mass is 35.5. The molecule has 1 saturated heterocycles. The van der Waals surface area contributed by atoms with E-state index in [0.29, 0.717) is 6.61 Å². The third kappa shape index (κ3) is 3.52. The molecule has 1 aliphatic heterocycles. The minimum absolute atomic E-state index is 0.00574. The average Bonchev–Trinajstić information content (AvgIpc) is 2.39. The van der Waals surface area contributed by atoms with Gasteiger partial charge in [-0.25, -0.2) is 8.42 Å². The van der Waals surface area contributed by atoms with Crippen LogP contribution in [-0.2, 0) is 21.4 Å². The van der Waals surface area contributed by atoms with Crippen molar-refractivity contribution in [2.24, 2.45) is 0 Å². The molecule has 0 saturated carbocycles. The number of aliphatic hydroxyl groups excluding tert-OH is 1. The summed E-state index contributed by atoms with van der Waals surface area (Å²) < 4.78 is 32.4. The molecule has 1 aliphatic rings. The summed E-state index contributed by atoms with van der Waals surface area (Å²) in [4.78, 5) is -0.0848. The number of hydrogen-bond donors (Lipinski definition) is 1. The number of hydrogen-bond acceptors (Lipinski definition) is 4. The van der Waals surface area contributed by atoms with Crippen LogP contribution < -0.4 is 0 Å². The van der Waals surface area contributed by atoms with Gasteiger partial charge in [-0.05, 0) is 31.5 Å². The fourth-order valence-corrected chi connectivity index (χ4v) is 4.71. The van der Waals surface area contributed by atoms with Gasteiger partial charge in [0.2, 0.25) is 10.0 Å². The molecule has 1 aromatic rings. The minimum Gasteiger partial charge on any atom is -0.392 e. The van der Waals surface area contributed by atoms with Crippen molar-refractivity contribution in [1.82, 2.24) is 4.31 Å². The number of sulfonamides is 1. The number of benzene rings is 1. The first-order chi connectivity index (χ1) is 9.67. The van der Waals surface area contributed by atoms with Gasteiger partial charge in [-0.15, -0.1) is 0 Å². The third-order valence-corrected chi connectivity index (χ3v) is 5.90. The maximum Gasteiger partial charge on any atom is 0.244 e. The molecule has 2 rings (SSSR count).